The lowest BCUT2D eigenvalue weighted by atomic mass is 9.99. The zero-order valence-corrected chi connectivity index (χ0v) is 16.4. The van der Waals surface area contributed by atoms with Crippen molar-refractivity contribution in [2.45, 2.75) is 58.3 Å². The van der Waals surface area contributed by atoms with E-state index in [1.165, 1.54) is 44.9 Å². The van der Waals surface area contributed by atoms with E-state index in [4.69, 9.17) is 16.3 Å². The molecule has 140 valence electrons. The molecule has 26 heavy (non-hydrogen) atoms. The van der Waals surface area contributed by atoms with Gasteiger partial charge in [-0.05, 0) is 35.7 Å². The van der Waals surface area contributed by atoms with Crippen LogP contribution >= 0.6 is 11.6 Å². The monoisotopic (exact) mass is 372 g/mol. The van der Waals surface area contributed by atoms with E-state index in [0.29, 0.717) is 12.2 Å². The van der Waals surface area contributed by atoms with Gasteiger partial charge in [-0.3, -0.25) is 4.79 Å². The molecule has 0 fully saturated rings. The molecule has 0 bridgehead atoms. The van der Waals surface area contributed by atoms with E-state index in [9.17, 15) is 4.79 Å². The number of unbranched alkanes of at least 4 members (excludes halogenated alkanes) is 7. The van der Waals surface area contributed by atoms with Crippen LogP contribution in [0.15, 0.2) is 48.5 Å². The lowest BCUT2D eigenvalue weighted by Crippen LogP contribution is -2.00. The summed E-state index contributed by atoms with van der Waals surface area (Å²) in [4.78, 5) is 11.7. The first kappa shape index (κ1) is 20.5. The molecule has 2 nitrogen and oxygen atoms in total. The zero-order chi connectivity index (χ0) is 18.6. The Morgan fingerprint density at radius 2 is 1.38 bits per heavy atom. The number of carbonyl (C=O) groups excluding carboxylic acids is 1. The van der Waals surface area contributed by atoms with Gasteiger partial charge in [0.05, 0.1) is 6.61 Å². The van der Waals surface area contributed by atoms with Crippen LogP contribution in [0.2, 0.25) is 0 Å². The predicted molar refractivity (Wildman–Crippen MR) is 110 cm³/mol. The summed E-state index contributed by atoms with van der Waals surface area (Å²) in [5.41, 5.74) is 2.24. The number of para-hydroxylation sites is 1. The maximum atomic E-state index is 11.7. The number of halogens is 1. The molecule has 0 saturated heterocycles. The quantitative estimate of drug-likeness (QED) is 0.289. The maximum absolute atomic E-state index is 11.7. The lowest BCUT2D eigenvalue weighted by Gasteiger charge is -2.13. The molecule has 0 heterocycles. The predicted octanol–water partition coefficient (Wildman–Crippen LogP) is 7.25. The lowest BCUT2D eigenvalue weighted by molar-refractivity contribution is 0.108. The number of ether oxygens (including phenoxy) is 1. The highest BCUT2D eigenvalue weighted by atomic mass is 35.5. The zero-order valence-electron chi connectivity index (χ0n) is 15.7. The molecule has 0 radical (unpaired) electrons. The van der Waals surface area contributed by atoms with Gasteiger partial charge in [0.1, 0.15) is 5.75 Å². The van der Waals surface area contributed by atoms with Crippen molar-refractivity contribution in [2.75, 3.05) is 6.61 Å². The molecule has 2 aromatic carbocycles. The van der Waals surface area contributed by atoms with Crippen LogP contribution in [0.4, 0.5) is 0 Å². The molecule has 2 aromatic rings. The Morgan fingerprint density at radius 1 is 0.808 bits per heavy atom. The second kappa shape index (κ2) is 11.7. The Balaban J connectivity index is 1.87. The molecule has 3 heteroatoms. The van der Waals surface area contributed by atoms with Gasteiger partial charge in [-0.15, -0.1) is 0 Å². The van der Waals surface area contributed by atoms with E-state index >= 15 is 0 Å². The fraction of sp³-hybridized carbons (Fsp3) is 0.435. The van der Waals surface area contributed by atoms with Crippen LogP contribution < -0.4 is 4.74 Å². The summed E-state index contributed by atoms with van der Waals surface area (Å²) in [6.45, 7) is 2.94. The topological polar surface area (TPSA) is 26.3 Å². The minimum absolute atomic E-state index is 0.446. The number of hydrogen-bond donors (Lipinski definition) is 0. The summed E-state index contributed by atoms with van der Waals surface area (Å²) in [7, 11) is 0. The van der Waals surface area contributed by atoms with Gasteiger partial charge in [-0.25, -0.2) is 0 Å². The van der Waals surface area contributed by atoms with Crippen LogP contribution in [-0.4, -0.2) is 11.8 Å². The van der Waals surface area contributed by atoms with Crippen molar-refractivity contribution in [1.82, 2.24) is 0 Å². The van der Waals surface area contributed by atoms with Crippen molar-refractivity contribution in [3.8, 4) is 16.9 Å². The fourth-order valence-electron chi connectivity index (χ4n) is 3.12. The number of rotatable bonds is 12. The Labute approximate surface area is 162 Å². The summed E-state index contributed by atoms with van der Waals surface area (Å²) >= 11 is 5.74. The Morgan fingerprint density at radius 3 is 2.08 bits per heavy atom. The first-order valence-corrected chi connectivity index (χ1v) is 10.1. The first-order chi connectivity index (χ1) is 12.7. The molecule has 0 amide bonds. The van der Waals surface area contributed by atoms with E-state index in [-0.39, 0.29) is 0 Å². The third-order valence-electron chi connectivity index (χ3n) is 4.57. The summed E-state index contributed by atoms with van der Waals surface area (Å²) in [6.07, 6.45) is 10.2. The Bertz CT molecular complexity index is 681. The van der Waals surface area contributed by atoms with Gasteiger partial charge in [0, 0.05) is 11.1 Å². The fourth-order valence-corrected chi connectivity index (χ4v) is 3.29. The number of hydrogen-bond acceptors (Lipinski definition) is 2. The van der Waals surface area contributed by atoms with E-state index < -0.39 is 5.24 Å². The molecule has 0 aliphatic heterocycles. The molecule has 0 aliphatic carbocycles. The molecule has 0 N–H and O–H groups in total. The third-order valence-corrected chi connectivity index (χ3v) is 4.78. The van der Waals surface area contributed by atoms with E-state index in [1.54, 1.807) is 6.07 Å². The third kappa shape index (κ3) is 6.49. The summed E-state index contributed by atoms with van der Waals surface area (Å²) < 4.78 is 6.02. The minimum Gasteiger partial charge on any atom is -0.493 e. The highest BCUT2D eigenvalue weighted by molar-refractivity contribution is 6.68. The van der Waals surface area contributed by atoms with Gasteiger partial charge in [0.15, 0.2) is 0 Å². The van der Waals surface area contributed by atoms with Crippen molar-refractivity contribution in [1.29, 1.82) is 0 Å². The second-order valence-corrected chi connectivity index (χ2v) is 6.98. The highest BCUT2D eigenvalue weighted by Gasteiger charge is 2.13. The molecular formula is C23H29ClO2. The molecule has 0 saturated carbocycles. The SMILES string of the molecule is CCCCCCCCCCOc1ccccc1-c1ccccc1C(=O)Cl. The van der Waals surface area contributed by atoms with Crippen LogP contribution in [-0.2, 0) is 0 Å². The molecular weight excluding hydrogens is 344 g/mol. The van der Waals surface area contributed by atoms with Gasteiger partial charge < -0.3 is 4.74 Å². The Kier molecular flexibility index (Phi) is 9.27. The van der Waals surface area contributed by atoms with Crippen LogP contribution in [0.3, 0.4) is 0 Å². The standard InChI is InChI=1S/C23H29ClO2/c1-2-3-4-5-6-7-8-13-18-26-22-17-12-11-15-20(22)19-14-9-10-16-21(19)23(24)25/h9-12,14-17H,2-8,13,18H2,1H3. The largest absolute Gasteiger partial charge is 0.493 e. The molecule has 0 aromatic heterocycles. The van der Waals surface area contributed by atoms with Gasteiger partial charge >= 0.3 is 0 Å². The smallest absolute Gasteiger partial charge is 0.253 e. The minimum atomic E-state index is -0.446. The summed E-state index contributed by atoms with van der Waals surface area (Å²) in [5.74, 6) is 0.806. The van der Waals surface area contributed by atoms with Crippen LogP contribution in [0.5, 0.6) is 5.75 Å². The molecule has 0 aliphatic rings. The van der Waals surface area contributed by atoms with Crippen LogP contribution in [0.25, 0.3) is 11.1 Å². The van der Waals surface area contributed by atoms with Crippen molar-refractivity contribution in [3.05, 3.63) is 54.1 Å². The normalized spacial score (nSPS) is 10.7. The summed E-state index contributed by atoms with van der Waals surface area (Å²) in [5, 5.41) is -0.446. The second-order valence-electron chi connectivity index (χ2n) is 6.64. The van der Waals surface area contributed by atoms with Crippen LogP contribution in [0, 0.1) is 0 Å². The molecule has 2 rings (SSSR count). The maximum Gasteiger partial charge on any atom is 0.253 e. The van der Waals surface area contributed by atoms with E-state index in [2.05, 4.69) is 6.92 Å². The molecule has 0 spiro atoms. The van der Waals surface area contributed by atoms with Gasteiger partial charge in [-0.1, -0.05) is 88.3 Å². The summed E-state index contributed by atoms with van der Waals surface area (Å²) in [6, 6.07) is 15.2. The first-order valence-electron chi connectivity index (χ1n) is 9.75. The van der Waals surface area contributed by atoms with E-state index in [0.717, 1.165) is 23.3 Å². The number of carbonyl (C=O) groups is 1. The Hall–Kier alpha value is -1.80. The molecule has 0 unspecified atom stereocenters. The number of benzene rings is 2. The van der Waals surface area contributed by atoms with Crippen molar-refractivity contribution < 1.29 is 9.53 Å². The average Bonchev–Trinajstić information content (AvgIpc) is 2.67. The van der Waals surface area contributed by atoms with E-state index in [1.807, 2.05) is 42.5 Å². The van der Waals surface area contributed by atoms with Gasteiger partial charge in [0.2, 0.25) is 0 Å². The van der Waals surface area contributed by atoms with Crippen LogP contribution in [0.1, 0.15) is 68.6 Å². The highest BCUT2D eigenvalue weighted by Crippen LogP contribution is 2.33. The van der Waals surface area contributed by atoms with Gasteiger partial charge in [-0.2, -0.15) is 0 Å². The van der Waals surface area contributed by atoms with Crippen molar-refractivity contribution >= 4 is 16.8 Å². The molecule has 0 atom stereocenters. The van der Waals surface area contributed by atoms with Crippen molar-refractivity contribution in [3.63, 3.8) is 0 Å². The average molecular weight is 373 g/mol. The van der Waals surface area contributed by atoms with Crippen molar-refractivity contribution in [2.24, 2.45) is 0 Å². The van der Waals surface area contributed by atoms with Gasteiger partial charge in [0.25, 0.3) is 5.24 Å².